The lowest BCUT2D eigenvalue weighted by atomic mass is 10.1. The van der Waals surface area contributed by atoms with Crippen LogP contribution in [0.1, 0.15) is 30.9 Å². The fourth-order valence-corrected chi connectivity index (χ4v) is 3.26. The molecule has 8 nitrogen and oxygen atoms in total. The molecule has 1 aromatic carbocycles. The summed E-state index contributed by atoms with van der Waals surface area (Å²) in [6, 6.07) is 7.50. The van der Waals surface area contributed by atoms with Crippen LogP contribution in [-0.2, 0) is 6.54 Å². The highest BCUT2D eigenvalue weighted by molar-refractivity contribution is 5.88. The van der Waals surface area contributed by atoms with Crippen molar-refractivity contribution >= 4 is 22.8 Å². The molecular weight excluding hydrogens is 382 g/mol. The molecule has 1 atom stereocenters. The van der Waals surface area contributed by atoms with Crippen LogP contribution in [0.2, 0.25) is 0 Å². The Balaban J connectivity index is 1.91. The van der Waals surface area contributed by atoms with E-state index in [0.29, 0.717) is 23.8 Å². The molecule has 2 heterocycles. The second-order valence-electron chi connectivity index (χ2n) is 7.06. The Labute approximate surface area is 176 Å². The number of aliphatic hydroxyl groups is 1. The van der Waals surface area contributed by atoms with Gasteiger partial charge < -0.3 is 25.2 Å². The summed E-state index contributed by atoms with van der Waals surface area (Å²) in [6.07, 6.45) is 3.53. The molecule has 3 rings (SSSR count). The molecule has 0 aliphatic carbocycles. The number of aryl methyl sites for hydroxylation is 1. The number of hydrogen-bond donors (Lipinski definition) is 3. The van der Waals surface area contributed by atoms with Crippen LogP contribution in [-0.4, -0.2) is 46.9 Å². The number of anilines is 2. The highest BCUT2D eigenvalue weighted by Crippen LogP contribution is 2.27. The van der Waals surface area contributed by atoms with Gasteiger partial charge in [0.05, 0.1) is 32.4 Å². The van der Waals surface area contributed by atoms with Gasteiger partial charge in [-0.05, 0) is 37.1 Å². The van der Waals surface area contributed by atoms with Gasteiger partial charge in [0.25, 0.3) is 0 Å². The van der Waals surface area contributed by atoms with Crippen LogP contribution in [0.4, 0.5) is 11.8 Å². The van der Waals surface area contributed by atoms with Crippen molar-refractivity contribution in [3.8, 4) is 11.5 Å². The third-order valence-electron chi connectivity index (χ3n) is 4.92. The molecule has 3 aromatic rings. The Bertz CT molecular complexity index is 996. The van der Waals surface area contributed by atoms with Gasteiger partial charge in [0.2, 0.25) is 5.95 Å². The molecule has 0 unspecified atom stereocenters. The normalized spacial score (nSPS) is 11.9. The molecule has 3 N–H and O–H groups in total. The molecule has 8 heteroatoms. The first kappa shape index (κ1) is 21.6. The molecule has 0 bridgehead atoms. The number of hydrogen-bond acceptors (Lipinski definition) is 8. The molecule has 160 valence electrons. The van der Waals surface area contributed by atoms with Crippen LogP contribution in [0.3, 0.4) is 0 Å². The van der Waals surface area contributed by atoms with Gasteiger partial charge in [0.1, 0.15) is 17.0 Å². The summed E-state index contributed by atoms with van der Waals surface area (Å²) in [6.45, 7) is 4.58. The fraction of sp³-hybridized carbons (Fsp3) is 0.409. The second kappa shape index (κ2) is 10.1. The topological polar surface area (TPSA) is 101 Å². The number of pyridine rings is 1. The van der Waals surface area contributed by atoms with Gasteiger partial charge in [-0.3, -0.25) is 4.98 Å². The number of nitrogens with one attached hydrogen (secondary N) is 2. The van der Waals surface area contributed by atoms with Gasteiger partial charge in [-0.1, -0.05) is 13.3 Å². The molecule has 0 radical (unpaired) electrons. The molecule has 0 aliphatic heterocycles. The summed E-state index contributed by atoms with van der Waals surface area (Å²) >= 11 is 0. The average molecular weight is 412 g/mol. The lowest BCUT2D eigenvalue weighted by Gasteiger charge is -2.18. The number of benzene rings is 1. The van der Waals surface area contributed by atoms with Crippen molar-refractivity contribution in [1.29, 1.82) is 0 Å². The monoisotopic (exact) mass is 411 g/mol. The number of aliphatic hydroxyl groups excluding tert-OH is 1. The van der Waals surface area contributed by atoms with E-state index in [-0.39, 0.29) is 12.6 Å². The minimum Gasteiger partial charge on any atom is -0.497 e. The van der Waals surface area contributed by atoms with Crippen LogP contribution in [0, 0.1) is 6.92 Å². The molecule has 0 amide bonds. The minimum absolute atomic E-state index is 0.0248. The highest BCUT2D eigenvalue weighted by Gasteiger charge is 2.15. The zero-order valence-electron chi connectivity index (χ0n) is 17.9. The number of methoxy groups -OCH3 is 2. The van der Waals surface area contributed by atoms with Gasteiger partial charge in [0, 0.05) is 24.4 Å². The molecule has 0 saturated heterocycles. The Morgan fingerprint density at radius 2 is 1.93 bits per heavy atom. The van der Waals surface area contributed by atoms with Crippen molar-refractivity contribution in [3.05, 3.63) is 41.6 Å². The summed E-state index contributed by atoms with van der Waals surface area (Å²) in [5, 5.41) is 16.3. The molecule has 0 spiro atoms. The maximum Gasteiger partial charge on any atom is 0.225 e. The maximum absolute atomic E-state index is 9.70. The van der Waals surface area contributed by atoms with E-state index in [4.69, 9.17) is 9.47 Å². The molecule has 30 heavy (non-hydrogen) atoms. The average Bonchev–Trinajstić information content (AvgIpc) is 2.77. The van der Waals surface area contributed by atoms with Crippen LogP contribution in [0.5, 0.6) is 11.5 Å². The van der Waals surface area contributed by atoms with Crippen molar-refractivity contribution in [2.75, 3.05) is 31.5 Å². The summed E-state index contributed by atoms with van der Waals surface area (Å²) in [5.74, 6) is 2.55. The van der Waals surface area contributed by atoms with E-state index < -0.39 is 0 Å². The van der Waals surface area contributed by atoms with Gasteiger partial charge in [-0.2, -0.15) is 4.98 Å². The first-order valence-corrected chi connectivity index (χ1v) is 10.0. The van der Waals surface area contributed by atoms with E-state index >= 15 is 0 Å². The summed E-state index contributed by atoms with van der Waals surface area (Å²) in [7, 11) is 3.25. The number of aromatic nitrogens is 3. The second-order valence-corrected chi connectivity index (χ2v) is 7.06. The van der Waals surface area contributed by atoms with E-state index in [1.165, 1.54) is 0 Å². The largest absolute Gasteiger partial charge is 0.497 e. The van der Waals surface area contributed by atoms with Gasteiger partial charge in [-0.25, -0.2) is 4.98 Å². The van der Waals surface area contributed by atoms with E-state index in [9.17, 15) is 5.11 Å². The summed E-state index contributed by atoms with van der Waals surface area (Å²) in [5.41, 5.74) is 3.43. The Morgan fingerprint density at radius 1 is 1.10 bits per heavy atom. The van der Waals surface area contributed by atoms with Crippen molar-refractivity contribution in [2.24, 2.45) is 0 Å². The molecule has 0 fully saturated rings. The predicted molar refractivity (Wildman–Crippen MR) is 118 cm³/mol. The lowest BCUT2D eigenvalue weighted by Crippen LogP contribution is -2.24. The molecular formula is C22H29N5O3. The first-order chi connectivity index (χ1) is 14.6. The van der Waals surface area contributed by atoms with E-state index in [2.05, 4.69) is 32.5 Å². The minimum atomic E-state index is -0.0926. The van der Waals surface area contributed by atoms with E-state index in [1.54, 1.807) is 20.4 Å². The van der Waals surface area contributed by atoms with E-state index in [1.807, 2.05) is 31.2 Å². The van der Waals surface area contributed by atoms with E-state index in [0.717, 1.165) is 41.0 Å². The Kier molecular flexibility index (Phi) is 7.24. The summed E-state index contributed by atoms with van der Waals surface area (Å²) < 4.78 is 10.7. The van der Waals surface area contributed by atoms with Crippen LogP contribution in [0.25, 0.3) is 11.0 Å². The van der Waals surface area contributed by atoms with Gasteiger partial charge >= 0.3 is 0 Å². The van der Waals surface area contributed by atoms with Crippen molar-refractivity contribution in [2.45, 2.75) is 39.3 Å². The zero-order chi connectivity index (χ0) is 21.5. The predicted octanol–water partition coefficient (Wildman–Crippen LogP) is 3.54. The zero-order valence-corrected chi connectivity index (χ0v) is 17.9. The van der Waals surface area contributed by atoms with Crippen molar-refractivity contribution in [1.82, 2.24) is 15.0 Å². The van der Waals surface area contributed by atoms with Crippen LogP contribution < -0.4 is 20.1 Å². The highest BCUT2D eigenvalue weighted by atomic mass is 16.5. The third kappa shape index (κ3) is 4.88. The quantitative estimate of drug-likeness (QED) is 0.466. The Morgan fingerprint density at radius 3 is 2.63 bits per heavy atom. The van der Waals surface area contributed by atoms with Crippen LogP contribution in [0.15, 0.2) is 30.5 Å². The third-order valence-corrected chi connectivity index (χ3v) is 4.92. The lowest BCUT2D eigenvalue weighted by molar-refractivity contribution is 0.268. The number of rotatable bonds is 10. The maximum atomic E-state index is 9.70. The van der Waals surface area contributed by atoms with Gasteiger partial charge in [-0.15, -0.1) is 0 Å². The number of ether oxygens (including phenoxy) is 2. The van der Waals surface area contributed by atoms with Crippen molar-refractivity contribution in [3.63, 3.8) is 0 Å². The summed E-state index contributed by atoms with van der Waals surface area (Å²) in [4.78, 5) is 13.8. The number of nitrogens with zero attached hydrogens (tertiary/aromatic N) is 3. The van der Waals surface area contributed by atoms with Crippen molar-refractivity contribution < 1.29 is 14.6 Å². The standard InChI is InChI=1S/C22H29N5O3/c1-5-6-16(13-28)25-21-20-19(14(2)9-10-23-20)26-22(27-21)24-12-15-7-8-17(29-3)11-18(15)30-4/h7-11,16,28H,5-6,12-13H2,1-4H3,(H2,24,25,26,27)/t16-/m0/s1. The Hall–Kier alpha value is -3.13. The van der Waals surface area contributed by atoms with Crippen LogP contribution >= 0.6 is 0 Å². The molecule has 0 saturated carbocycles. The SMILES string of the molecule is CCC[C@@H](CO)Nc1nc(NCc2ccc(OC)cc2OC)nc2c(C)ccnc12. The molecule has 0 aliphatic rings. The fourth-order valence-electron chi connectivity index (χ4n) is 3.26. The van der Waals surface area contributed by atoms with Gasteiger partial charge in [0.15, 0.2) is 5.82 Å². The molecule has 2 aromatic heterocycles. The smallest absolute Gasteiger partial charge is 0.225 e. The first-order valence-electron chi connectivity index (χ1n) is 10.0. The number of fused-ring (bicyclic) bond motifs is 1.